The largest absolute Gasteiger partial charge is 0.497 e. The second-order valence-electron chi connectivity index (χ2n) is 5.74. The van der Waals surface area contributed by atoms with Crippen LogP contribution >= 0.6 is 0 Å². The lowest BCUT2D eigenvalue weighted by atomic mass is 10.1. The fourth-order valence-electron chi connectivity index (χ4n) is 2.78. The minimum absolute atomic E-state index is 0.214. The first-order valence-corrected chi connectivity index (χ1v) is 8.26. The maximum absolute atomic E-state index is 13.0. The summed E-state index contributed by atoms with van der Waals surface area (Å²) < 4.78 is 15.7. The Kier molecular flexibility index (Phi) is 5.30. The number of nitrogens with one attached hydrogen (secondary N) is 1. The number of rotatable bonds is 5. The van der Waals surface area contributed by atoms with Crippen molar-refractivity contribution in [3.05, 3.63) is 53.6 Å². The van der Waals surface area contributed by atoms with Crippen molar-refractivity contribution in [1.29, 1.82) is 0 Å². The molecule has 1 fully saturated rings. The number of amides is 4. The van der Waals surface area contributed by atoms with Gasteiger partial charge in [0.2, 0.25) is 0 Å². The summed E-state index contributed by atoms with van der Waals surface area (Å²) in [5.41, 5.74) is 0.498. The Morgan fingerprint density at radius 1 is 0.893 bits per heavy atom. The van der Waals surface area contributed by atoms with Crippen molar-refractivity contribution in [3.8, 4) is 17.2 Å². The molecule has 0 aliphatic carbocycles. The Hall–Kier alpha value is -3.81. The van der Waals surface area contributed by atoms with Gasteiger partial charge in [-0.2, -0.15) is 0 Å². The Bertz CT molecular complexity index is 982. The Balaban J connectivity index is 2.07. The molecule has 28 heavy (non-hydrogen) atoms. The maximum Gasteiger partial charge on any atom is 0.336 e. The summed E-state index contributed by atoms with van der Waals surface area (Å²) in [6.07, 6.45) is 1.37. The van der Waals surface area contributed by atoms with Crippen LogP contribution in [0.15, 0.2) is 48.0 Å². The number of nitrogens with zero attached hydrogens (tertiary/aromatic N) is 1. The number of hydrogen-bond donors (Lipinski definition) is 1. The first-order valence-electron chi connectivity index (χ1n) is 8.26. The van der Waals surface area contributed by atoms with E-state index in [9.17, 15) is 14.4 Å². The minimum Gasteiger partial charge on any atom is -0.497 e. The fourth-order valence-corrected chi connectivity index (χ4v) is 2.78. The van der Waals surface area contributed by atoms with Gasteiger partial charge >= 0.3 is 6.03 Å². The number of carbonyl (C=O) groups is 3. The van der Waals surface area contributed by atoms with Gasteiger partial charge in [0.25, 0.3) is 11.8 Å². The summed E-state index contributed by atoms with van der Waals surface area (Å²) in [6.45, 7) is 0. The molecule has 2 aromatic rings. The Morgan fingerprint density at radius 3 is 2.29 bits per heavy atom. The summed E-state index contributed by atoms with van der Waals surface area (Å²) >= 11 is 0. The third kappa shape index (κ3) is 3.39. The topological polar surface area (TPSA) is 94.2 Å². The number of hydrogen-bond acceptors (Lipinski definition) is 6. The normalized spacial score (nSPS) is 15.5. The monoisotopic (exact) mass is 382 g/mol. The van der Waals surface area contributed by atoms with Crippen LogP contribution in [0.3, 0.4) is 0 Å². The van der Waals surface area contributed by atoms with E-state index in [0.717, 1.165) is 4.90 Å². The van der Waals surface area contributed by atoms with E-state index in [0.29, 0.717) is 22.8 Å². The van der Waals surface area contributed by atoms with Crippen molar-refractivity contribution in [3.63, 3.8) is 0 Å². The van der Waals surface area contributed by atoms with Crippen LogP contribution in [0.25, 0.3) is 6.08 Å². The lowest BCUT2D eigenvalue weighted by Crippen LogP contribution is -2.54. The fraction of sp³-hybridized carbons (Fsp3) is 0.150. The number of ether oxygens (including phenoxy) is 3. The number of methoxy groups -OCH3 is 3. The van der Waals surface area contributed by atoms with Gasteiger partial charge in [-0.25, -0.2) is 9.69 Å². The first kappa shape index (κ1) is 19.0. The smallest absolute Gasteiger partial charge is 0.336 e. The van der Waals surface area contributed by atoms with Gasteiger partial charge in [0.15, 0.2) is 0 Å². The van der Waals surface area contributed by atoms with Crippen molar-refractivity contribution in [1.82, 2.24) is 5.32 Å². The number of benzene rings is 2. The van der Waals surface area contributed by atoms with Gasteiger partial charge in [0, 0.05) is 11.6 Å². The number of urea groups is 1. The van der Waals surface area contributed by atoms with Gasteiger partial charge in [-0.15, -0.1) is 0 Å². The van der Waals surface area contributed by atoms with E-state index in [1.54, 1.807) is 42.5 Å². The number of para-hydroxylation sites is 2. The van der Waals surface area contributed by atoms with E-state index in [1.807, 2.05) is 0 Å². The zero-order valence-corrected chi connectivity index (χ0v) is 15.5. The predicted molar refractivity (Wildman–Crippen MR) is 102 cm³/mol. The molecule has 1 aliphatic rings. The number of imide groups is 2. The van der Waals surface area contributed by atoms with Crippen LogP contribution in [-0.4, -0.2) is 39.2 Å². The number of barbiturate groups is 1. The molecule has 0 bridgehead atoms. The molecule has 0 radical (unpaired) electrons. The van der Waals surface area contributed by atoms with E-state index < -0.39 is 17.8 Å². The van der Waals surface area contributed by atoms with Crippen LogP contribution in [0, 0.1) is 0 Å². The number of anilines is 1. The molecule has 1 saturated heterocycles. The maximum atomic E-state index is 13.0. The van der Waals surface area contributed by atoms with E-state index in [2.05, 4.69) is 5.32 Å². The molecule has 144 valence electrons. The van der Waals surface area contributed by atoms with Crippen molar-refractivity contribution >= 4 is 29.6 Å². The molecule has 1 N–H and O–H groups in total. The van der Waals surface area contributed by atoms with Crippen LogP contribution in [-0.2, 0) is 9.59 Å². The van der Waals surface area contributed by atoms with Gasteiger partial charge < -0.3 is 14.2 Å². The lowest BCUT2D eigenvalue weighted by molar-refractivity contribution is -0.122. The second-order valence-corrected chi connectivity index (χ2v) is 5.74. The van der Waals surface area contributed by atoms with Crippen LogP contribution in [0.4, 0.5) is 10.5 Å². The molecule has 4 amide bonds. The van der Waals surface area contributed by atoms with Crippen LogP contribution in [0.2, 0.25) is 0 Å². The van der Waals surface area contributed by atoms with E-state index in [1.165, 1.54) is 27.4 Å². The summed E-state index contributed by atoms with van der Waals surface area (Å²) in [5.74, 6) is -0.269. The molecule has 0 saturated carbocycles. The van der Waals surface area contributed by atoms with Crippen molar-refractivity contribution < 1.29 is 28.6 Å². The third-order valence-corrected chi connectivity index (χ3v) is 4.17. The molecular weight excluding hydrogens is 364 g/mol. The van der Waals surface area contributed by atoms with E-state index in [4.69, 9.17) is 14.2 Å². The van der Waals surface area contributed by atoms with Crippen molar-refractivity contribution in [2.24, 2.45) is 0 Å². The van der Waals surface area contributed by atoms with Crippen LogP contribution in [0.5, 0.6) is 17.2 Å². The van der Waals surface area contributed by atoms with Crippen molar-refractivity contribution in [2.45, 2.75) is 0 Å². The van der Waals surface area contributed by atoms with Crippen molar-refractivity contribution in [2.75, 3.05) is 26.2 Å². The Morgan fingerprint density at radius 2 is 1.61 bits per heavy atom. The highest BCUT2D eigenvalue weighted by atomic mass is 16.5. The molecule has 0 spiro atoms. The summed E-state index contributed by atoms with van der Waals surface area (Å²) in [6, 6.07) is 10.6. The van der Waals surface area contributed by atoms with Gasteiger partial charge in [0.05, 0.1) is 27.0 Å². The number of carbonyl (C=O) groups excluding carboxylic acids is 3. The van der Waals surface area contributed by atoms with Crippen LogP contribution < -0.4 is 24.4 Å². The molecule has 1 aliphatic heterocycles. The molecule has 8 heteroatoms. The molecule has 0 unspecified atom stereocenters. The molecule has 0 aromatic heterocycles. The molecule has 0 atom stereocenters. The highest BCUT2D eigenvalue weighted by Crippen LogP contribution is 2.32. The first-order chi connectivity index (χ1) is 13.5. The quantitative estimate of drug-likeness (QED) is 0.630. The highest BCUT2D eigenvalue weighted by Gasteiger charge is 2.38. The molecule has 8 nitrogen and oxygen atoms in total. The lowest BCUT2D eigenvalue weighted by Gasteiger charge is -2.27. The second kappa shape index (κ2) is 7.83. The van der Waals surface area contributed by atoms with E-state index >= 15 is 0 Å². The standard InChI is InChI=1S/C20H18N2O6/c1-26-13-9-8-12(17(11-13)28-3)10-14-18(23)21-20(25)22(19(14)24)15-6-4-5-7-16(15)27-2/h4-11H,1-3H3,(H,21,23,25)/b14-10-. The molecular formula is C20H18N2O6. The highest BCUT2D eigenvalue weighted by molar-refractivity contribution is 6.39. The predicted octanol–water partition coefficient (Wildman–Crippen LogP) is 2.38. The average molecular weight is 382 g/mol. The summed E-state index contributed by atoms with van der Waals surface area (Å²) in [7, 11) is 4.40. The molecule has 3 rings (SSSR count). The third-order valence-electron chi connectivity index (χ3n) is 4.17. The average Bonchev–Trinajstić information content (AvgIpc) is 2.71. The Labute approximate surface area is 161 Å². The van der Waals surface area contributed by atoms with E-state index in [-0.39, 0.29) is 11.3 Å². The zero-order valence-electron chi connectivity index (χ0n) is 15.5. The summed E-state index contributed by atoms with van der Waals surface area (Å²) in [5, 5.41) is 2.18. The van der Waals surface area contributed by atoms with Gasteiger partial charge in [-0.3, -0.25) is 14.9 Å². The summed E-state index contributed by atoms with van der Waals surface area (Å²) in [4.78, 5) is 38.5. The van der Waals surface area contributed by atoms with Gasteiger partial charge in [-0.05, 0) is 30.3 Å². The SMILES string of the molecule is COc1ccc(/C=C2/C(=O)NC(=O)N(c3ccccc3OC)C2=O)c(OC)c1. The van der Waals surface area contributed by atoms with Gasteiger partial charge in [0.1, 0.15) is 22.8 Å². The molecule has 2 aromatic carbocycles. The van der Waals surface area contributed by atoms with Crippen LogP contribution in [0.1, 0.15) is 5.56 Å². The minimum atomic E-state index is -0.849. The van der Waals surface area contributed by atoms with Gasteiger partial charge in [-0.1, -0.05) is 12.1 Å². The molecule has 1 heterocycles. The zero-order chi connectivity index (χ0) is 20.3.